The first-order valence-electron chi connectivity index (χ1n) is 7.13. The molecule has 3 rings (SSSR count). The van der Waals surface area contributed by atoms with E-state index in [0.29, 0.717) is 28.7 Å². The maximum absolute atomic E-state index is 13.5. The van der Waals surface area contributed by atoms with Crippen LogP contribution < -0.4 is 11.5 Å². The smallest absolute Gasteiger partial charge is 0.274 e. The first-order chi connectivity index (χ1) is 10.6. The van der Waals surface area contributed by atoms with Gasteiger partial charge in [-0.25, -0.2) is 9.37 Å². The number of carbonyl (C=O) groups excluding carboxylic acids is 1. The second kappa shape index (κ2) is 6.02. The molecule has 116 valence electrons. The Hall–Kier alpha value is -1.99. The lowest BCUT2D eigenvalue weighted by Gasteiger charge is -2.21. The molecule has 2 aromatic rings. The fourth-order valence-corrected chi connectivity index (χ4v) is 3.24. The number of nitrogens with zero attached hydrogens (tertiary/aromatic N) is 2. The predicted molar refractivity (Wildman–Crippen MR) is 85.0 cm³/mol. The summed E-state index contributed by atoms with van der Waals surface area (Å²) < 4.78 is 13.5. The molecule has 0 radical (unpaired) electrons. The van der Waals surface area contributed by atoms with Crippen LogP contribution in [0.3, 0.4) is 0 Å². The number of hydrogen-bond acceptors (Lipinski definition) is 5. The molecule has 1 aromatic carbocycles. The number of anilines is 1. The molecular formula is C15H17FN4OS. The van der Waals surface area contributed by atoms with Crippen molar-refractivity contribution >= 4 is 22.4 Å². The van der Waals surface area contributed by atoms with E-state index in [-0.39, 0.29) is 23.5 Å². The second-order valence-corrected chi connectivity index (χ2v) is 6.29. The average molecular weight is 320 g/mol. The highest BCUT2D eigenvalue weighted by atomic mass is 32.1. The van der Waals surface area contributed by atoms with Crippen LogP contribution in [-0.2, 0) is 0 Å². The van der Waals surface area contributed by atoms with Crippen LogP contribution >= 0.6 is 11.3 Å². The molecule has 1 amide bonds. The zero-order chi connectivity index (χ0) is 15.7. The summed E-state index contributed by atoms with van der Waals surface area (Å²) in [6.45, 7) is 0.890. The van der Waals surface area contributed by atoms with Crippen LogP contribution in [-0.4, -0.2) is 34.9 Å². The van der Waals surface area contributed by atoms with E-state index in [2.05, 4.69) is 4.98 Å². The molecule has 4 N–H and O–H groups in total. The van der Waals surface area contributed by atoms with Gasteiger partial charge in [0.1, 0.15) is 11.5 Å². The molecule has 0 spiro atoms. The molecule has 1 saturated carbocycles. The average Bonchev–Trinajstić information content (AvgIpc) is 3.26. The molecule has 0 saturated heterocycles. The zero-order valence-corrected chi connectivity index (χ0v) is 12.8. The highest BCUT2D eigenvalue weighted by Crippen LogP contribution is 2.35. The molecule has 1 aromatic heterocycles. The Morgan fingerprint density at radius 2 is 2.23 bits per heavy atom. The number of nitrogens with two attached hydrogens (primary N) is 2. The number of hydrogen-bond donors (Lipinski definition) is 2. The van der Waals surface area contributed by atoms with E-state index >= 15 is 0 Å². The number of thiazole rings is 1. The summed E-state index contributed by atoms with van der Waals surface area (Å²) in [5.41, 5.74) is 12.3. The zero-order valence-electron chi connectivity index (χ0n) is 12.0. The Labute approximate surface area is 131 Å². The maximum Gasteiger partial charge on any atom is 0.274 e. The molecule has 5 nitrogen and oxygen atoms in total. The number of aromatic nitrogens is 1. The fraction of sp³-hybridized carbons (Fsp3) is 0.333. The van der Waals surface area contributed by atoms with Crippen molar-refractivity contribution in [1.29, 1.82) is 0 Å². The minimum Gasteiger partial charge on any atom is -0.375 e. The van der Waals surface area contributed by atoms with Gasteiger partial charge < -0.3 is 16.4 Å². The van der Waals surface area contributed by atoms with E-state index < -0.39 is 0 Å². The Morgan fingerprint density at radius 3 is 2.86 bits per heavy atom. The molecule has 0 bridgehead atoms. The monoisotopic (exact) mass is 320 g/mol. The molecule has 1 fully saturated rings. The number of carbonyl (C=O) groups is 1. The molecule has 0 aliphatic heterocycles. The van der Waals surface area contributed by atoms with Crippen LogP contribution in [0.25, 0.3) is 10.4 Å². The summed E-state index contributed by atoms with van der Waals surface area (Å²) >= 11 is 1.19. The lowest BCUT2D eigenvalue weighted by atomic mass is 10.1. The van der Waals surface area contributed by atoms with Crippen molar-refractivity contribution < 1.29 is 9.18 Å². The molecular weight excluding hydrogens is 303 g/mol. The Kier molecular flexibility index (Phi) is 4.08. The lowest BCUT2D eigenvalue weighted by Crippen LogP contribution is -2.37. The maximum atomic E-state index is 13.5. The quantitative estimate of drug-likeness (QED) is 0.883. The van der Waals surface area contributed by atoms with Gasteiger partial charge in [-0.2, -0.15) is 0 Å². The van der Waals surface area contributed by atoms with Crippen molar-refractivity contribution in [2.45, 2.75) is 18.9 Å². The summed E-state index contributed by atoms with van der Waals surface area (Å²) in [7, 11) is 0. The molecule has 0 unspecified atom stereocenters. The van der Waals surface area contributed by atoms with Crippen molar-refractivity contribution in [3.63, 3.8) is 0 Å². The Balaban J connectivity index is 1.98. The second-order valence-electron chi connectivity index (χ2n) is 5.26. The third-order valence-electron chi connectivity index (χ3n) is 3.55. The number of amides is 1. The summed E-state index contributed by atoms with van der Waals surface area (Å²) in [6.07, 6.45) is 1.97. The third-order valence-corrected chi connectivity index (χ3v) is 4.49. The highest BCUT2D eigenvalue weighted by Gasteiger charge is 2.34. The van der Waals surface area contributed by atoms with Crippen molar-refractivity contribution in [3.8, 4) is 10.4 Å². The van der Waals surface area contributed by atoms with E-state index in [9.17, 15) is 9.18 Å². The number of rotatable bonds is 5. The molecule has 7 heteroatoms. The van der Waals surface area contributed by atoms with Gasteiger partial charge in [-0.3, -0.25) is 4.79 Å². The van der Waals surface area contributed by atoms with E-state index in [0.717, 1.165) is 12.8 Å². The van der Waals surface area contributed by atoms with Gasteiger partial charge in [0.2, 0.25) is 0 Å². The van der Waals surface area contributed by atoms with E-state index in [4.69, 9.17) is 11.5 Å². The van der Waals surface area contributed by atoms with Gasteiger partial charge in [0.05, 0.1) is 4.88 Å². The van der Waals surface area contributed by atoms with Gasteiger partial charge in [0.15, 0.2) is 5.13 Å². The molecule has 0 atom stereocenters. The lowest BCUT2D eigenvalue weighted by molar-refractivity contribution is 0.0744. The van der Waals surface area contributed by atoms with Crippen LogP contribution in [0.15, 0.2) is 24.3 Å². The van der Waals surface area contributed by atoms with Crippen LogP contribution in [0, 0.1) is 5.82 Å². The standard InChI is InChI=1S/C15H17FN4OS/c16-10-3-1-2-9(8-10)13-12(19-15(18)22-13)14(21)20(7-6-17)11-4-5-11/h1-3,8,11H,4-7,17H2,(H2,18,19). The number of benzene rings is 1. The van der Waals surface area contributed by atoms with E-state index in [1.807, 2.05) is 0 Å². The van der Waals surface area contributed by atoms with Crippen LogP contribution in [0.1, 0.15) is 23.3 Å². The van der Waals surface area contributed by atoms with Gasteiger partial charge in [0.25, 0.3) is 5.91 Å². The summed E-state index contributed by atoms with van der Waals surface area (Å²) in [6, 6.07) is 6.33. The summed E-state index contributed by atoms with van der Waals surface area (Å²) in [5.74, 6) is -0.538. The van der Waals surface area contributed by atoms with Gasteiger partial charge in [0, 0.05) is 19.1 Å². The van der Waals surface area contributed by atoms with Gasteiger partial charge >= 0.3 is 0 Å². The minimum atomic E-state index is -0.358. The minimum absolute atomic E-state index is 0.180. The largest absolute Gasteiger partial charge is 0.375 e. The highest BCUT2D eigenvalue weighted by molar-refractivity contribution is 7.19. The molecule has 1 heterocycles. The molecule has 1 aliphatic rings. The molecule has 1 aliphatic carbocycles. The van der Waals surface area contributed by atoms with Gasteiger partial charge in [-0.05, 0) is 30.5 Å². The fourth-order valence-electron chi connectivity index (χ4n) is 2.42. The molecule has 22 heavy (non-hydrogen) atoms. The van der Waals surface area contributed by atoms with Crippen molar-refractivity contribution in [2.24, 2.45) is 5.73 Å². The van der Waals surface area contributed by atoms with Crippen molar-refractivity contribution in [3.05, 3.63) is 35.8 Å². The van der Waals surface area contributed by atoms with Crippen LogP contribution in [0.2, 0.25) is 0 Å². The van der Waals surface area contributed by atoms with Crippen LogP contribution in [0.5, 0.6) is 0 Å². The number of halogens is 1. The SMILES string of the molecule is NCCN(C(=O)c1nc(N)sc1-c1cccc(F)c1)C1CC1. The first-order valence-corrected chi connectivity index (χ1v) is 7.95. The normalized spacial score (nSPS) is 14.1. The summed E-state index contributed by atoms with van der Waals surface area (Å²) in [4.78, 5) is 19.3. The van der Waals surface area contributed by atoms with E-state index in [1.54, 1.807) is 17.0 Å². The number of nitrogen functional groups attached to an aromatic ring is 1. The Morgan fingerprint density at radius 1 is 1.45 bits per heavy atom. The van der Waals surface area contributed by atoms with E-state index in [1.165, 1.54) is 23.5 Å². The third kappa shape index (κ3) is 2.95. The Bertz CT molecular complexity index is 699. The van der Waals surface area contributed by atoms with Crippen molar-refractivity contribution in [2.75, 3.05) is 18.8 Å². The van der Waals surface area contributed by atoms with Crippen molar-refractivity contribution in [1.82, 2.24) is 9.88 Å². The van der Waals surface area contributed by atoms with Gasteiger partial charge in [-0.15, -0.1) is 0 Å². The predicted octanol–water partition coefficient (Wildman–Crippen LogP) is 2.09. The first kappa shape index (κ1) is 14.9. The van der Waals surface area contributed by atoms with Gasteiger partial charge in [-0.1, -0.05) is 23.5 Å². The topological polar surface area (TPSA) is 85.2 Å². The summed E-state index contributed by atoms with van der Waals surface area (Å²) in [5, 5.41) is 0.297. The van der Waals surface area contributed by atoms with Crippen LogP contribution in [0.4, 0.5) is 9.52 Å².